The zero-order chi connectivity index (χ0) is 13.7. The number of hydrogen-bond acceptors (Lipinski definition) is 6. The predicted octanol–water partition coefficient (Wildman–Crippen LogP) is 2.49. The van der Waals surface area contributed by atoms with Gasteiger partial charge in [0.15, 0.2) is 11.0 Å². The highest BCUT2D eigenvalue weighted by molar-refractivity contribution is 7.98. The largest absolute Gasteiger partial charge is 0.388 e. The van der Waals surface area contributed by atoms with Gasteiger partial charge in [-0.1, -0.05) is 25.6 Å². The molecule has 0 aromatic carbocycles. The van der Waals surface area contributed by atoms with Crippen molar-refractivity contribution in [2.24, 2.45) is 0 Å². The van der Waals surface area contributed by atoms with Crippen molar-refractivity contribution in [1.29, 1.82) is 0 Å². The van der Waals surface area contributed by atoms with E-state index in [1.165, 1.54) is 5.01 Å². The molecule has 0 radical (unpaired) electrons. The van der Waals surface area contributed by atoms with Crippen molar-refractivity contribution in [3.05, 3.63) is 21.9 Å². The number of thiazole rings is 1. The molecule has 1 N–H and O–H groups in total. The van der Waals surface area contributed by atoms with Gasteiger partial charge in [-0.25, -0.2) is 4.98 Å². The molecule has 0 spiro atoms. The van der Waals surface area contributed by atoms with Gasteiger partial charge in [0.05, 0.1) is 10.7 Å². The number of aromatic nitrogens is 4. The summed E-state index contributed by atoms with van der Waals surface area (Å²) in [6, 6.07) is 0. The minimum atomic E-state index is -0.0652. The van der Waals surface area contributed by atoms with Gasteiger partial charge in [0.25, 0.3) is 0 Å². The van der Waals surface area contributed by atoms with Crippen molar-refractivity contribution >= 4 is 23.1 Å². The highest BCUT2D eigenvalue weighted by Gasteiger charge is 2.12. The highest BCUT2D eigenvalue weighted by Crippen LogP contribution is 2.23. The van der Waals surface area contributed by atoms with Crippen LogP contribution in [0.3, 0.4) is 0 Å². The molecule has 0 bridgehead atoms. The third-order valence-electron chi connectivity index (χ3n) is 2.63. The minimum Gasteiger partial charge on any atom is -0.388 e. The third kappa shape index (κ3) is 3.55. The first-order chi connectivity index (χ1) is 9.28. The quantitative estimate of drug-likeness (QED) is 0.796. The fourth-order valence-electron chi connectivity index (χ4n) is 1.71. The molecule has 0 aliphatic rings. The van der Waals surface area contributed by atoms with Crippen molar-refractivity contribution in [3.8, 4) is 0 Å². The molecule has 0 aliphatic heterocycles. The summed E-state index contributed by atoms with van der Waals surface area (Å²) in [6.07, 6.45) is 1.98. The minimum absolute atomic E-state index is 0.0652. The summed E-state index contributed by atoms with van der Waals surface area (Å²) in [5.41, 5.74) is 1.09. The molecular weight excluding hydrogens is 280 g/mol. The molecule has 2 heterocycles. The topological polar surface area (TPSA) is 63.8 Å². The van der Waals surface area contributed by atoms with Crippen LogP contribution in [-0.2, 0) is 25.3 Å². The SMILES string of the molecule is CCCn1c(CO)nnc1SCc1csc(CC)n1. The Balaban J connectivity index is 2.04. The summed E-state index contributed by atoms with van der Waals surface area (Å²) < 4.78 is 1.98. The molecule has 0 saturated heterocycles. The van der Waals surface area contributed by atoms with E-state index in [1.54, 1.807) is 23.1 Å². The molecule has 0 unspecified atom stereocenters. The van der Waals surface area contributed by atoms with Crippen molar-refractivity contribution in [2.75, 3.05) is 0 Å². The summed E-state index contributed by atoms with van der Waals surface area (Å²) in [5.74, 6) is 1.43. The van der Waals surface area contributed by atoms with E-state index in [4.69, 9.17) is 0 Å². The molecule has 7 heteroatoms. The molecule has 2 aromatic heterocycles. The molecule has 5 nitrogen and oxygen atoms in total. The Bertz CT molecular complexity index is 524. The second-order valence-electron chi connectivity index (χ2n) is 4.08. The van der Waals surface area contributed by atoms with Crippen molar-refractivity contribution in [3.63, 3.8) is 0 Å². The van der Waals surface area contributed by atoms with E-state index in [2.05, 4.69) is 34.4 Å². The first-order valence-corrected chi connectivity index (χ1v) is 8.24. The van der Waals surface area contributed by atoms with Gasteiger partial charge >= 0.3 is 0 Å². The molecule has 0 saturated carbocycles. The van der Waals surface area contributed by atoms with Gasteiger partial charge in [-0.15, -0.1) is 21.5 Å². The van der Waals surface area contributed by atoms with Crippen LogP contribution in [0.25, 0.3) is 0 Å². The average molecular weight is 298 g/mol. The molecule has 2 rings (SSSR count). The van der Waals surface area contributed by atoms with Crippen molar-refractivity contribution < 1.29 is 5.11 Å². The summed E-state index contributed by atoms with van der Waals surface area (Å²) in [4.78, 5) is 4.54. The normalized spacial score (nSPS) is 11.1. The Kier molecular flexibility index (Phi) is 5.35. The molecule has 0 amide bonds. The van der Waals surface area contributed by atoms with Crippen LogP contribution in [0.4, 0.5) is 0 Å². The number of aliphatic hydroxyl groups excluding tert-OH is 1. The third-order valence-corrected chi connectivity index (χ3v) is 4.68. The lowest BCUT2D eigenvalue weighted by Crippen LogP contribution is -2.04. The standard InChI is InChI=1S/C12H18N4OS2/c1-3-5-16-10(6-17)14-15-12(16)19-8-9-7-18-11(4-2)13-9/h7,17H,3-6,8H2,1-2H3. The smallest absolute Gasteiger partial charge is 0.191 e. The van der Waals surface area contributed by atoms with Crippen LogP contribution in [0.15, 0.2) is 10.5 Å². The summed E-state index contributed by atoms with van der Waals surface area (Å²) in [7, 11) is 0. The van der Waals surface area contributed by atoms with E-state index < -0.39 is 0 Å². The fraction of sp³-hybridized carbons (Fsp3) is 0.583. The molecule has 19 heavy (non-hydrogen) atoms. The van der Waals surface area contributed by atoms with Crippen LogP contribution in [0.1, 0.15) is 36.8 Å². The van der Waals surface area contributed by atoms with Crippen LogP contribution >= 0.6 is 23.1 Å². The van der Waals surface area contributed by atoms with Crippen molar-refractivity contribution in [2.45, 2.75) is 50.8 Å². The number of aryl methyl sites for hydroxylation is 1. The average Bonchev–Trinajstić information content (AvgIpc) is 3.03. The van der Waals surface area contributed by atoms with Crippen LogP contribution in [0.5, 0.6) is 0 Å². The lowest BCUT2D eigenvalue weighted by atomic mass is 10.4. The number of aliphatic hydroxyl groups is 1. The van der Waals surface area contributed by atoms with E-state index >= 15 is 0 Å². The van der Waals surface area contributed by atoms with Crippen LogP contribution in [-0.4, -0.2) is 24.9 Å². The Labute approximate surface area is 121 Å². The van der Waals surface area contributed by atoms with E-state index in [9.17, 15) is 5.11 Å². The molecule has 104 valence electrons. The maximum absolute atomic E-state index is 9.24. The number of thioether (sulfide) groups is 1. The van der Waals surface area contributed by atoms with Gasteiger partial charge in [0, 0.05) is 17.7 Å². The number of hydrogen-bond donors (Lipinski definition) is 1. The van der Waals surface area contributed by atoms with E-state index in [1.807, 2.05) is 4.57 Å². The van der Waals surface area contributed by atoms with Crippen LogP contribution < -0.4 is 0 Å². The fourth-order valence-corrected chi connectivity index (χ4v) is 3.43. The van der Waals surface area contributed by atoms with Crippen LogP contribution in [0, 0.1) is 0 Å². The maximum atomic E-state index is 9.24. The first-order valence-electron chi connectivity index (χ1n) is 6.37. The van der Waals surface area contributed by atoms with Gasteiger partial charge in [0.2, 0.25) is 0 Å². The maximum Gasteiger partial charge on any atom is 0.191 e. The Hall–Kier alpha value is -0.920. The van der Waals surface area contributed by atoms with Gasteiger partial charge < -0.3 is 9.67 Å². The summed E-state index contributed by atoms with van der Waals surface area (Å²) >= 11 is 3.32. The van der Waals surface area contributed by atoms with E-state index in [0.29, 0.717) is 5.82 Å². The van der Waals surface area contributed by atoms with Crippen LogP contribution in [0.2, 0.25) is 0 Å². The second-order valence-corrected chi connectivity index (χ2v) is 5.97. The molecule has 0 aliphatic carbocycles. The zero-order valence-corrected chi connectivity index (χ0v) is 12.8. The van der Waals surface area contributed by atoms with E-state index in [-0.39, 0.29) is 6.61 Å². The molecular formula is C12H18N4OS2. The molecule has 0 fully saturated rings. The van der Waals surface area contributed by atoms with E-state index in [0.717, 1.165) is 36.0 Å². The van der Waals surface area contributed by atoms with Gasteiger partial charge in [-0.05, 0) is 12.8 Å². The predicted molar refractivity (Wildman–Crippen MR) is 77.3 cm³/mol. The number of rotatable bonds is 7. The summed E-state index contributed by atoms with van der Waals surface area (Å²) in [6.45, 7) is 4.98. The van der Waals surface area contributed by atoms with Gasteiger partial charge in [-0.3, -0.25) is 0 Å². The first kappa shape index (κ1) is 14.5. The van der Waals surface area contributed by atoms with Crippen molar-refractivity contribution in [1.82, 2.24) is 19.7 Å². The Morgan fingerprint density at radius 2 is 2.21 bits per heavy atom. The van der Waals surface area contributed by atoms with Gasteiger partial charge in [-0.2, -0.15) is 0 Å². The lowest BCUT2D eigenvalue weighted by Gasteiger charge is -2.06. The zero-order valence-electron chi connectivity index (χ0n) is 11.2. The lowest BCUT2D eigenvalue weighted by molar-refractivity contribution is 0.263. The molecule has 2 aromatic rings. The monoisotopic (exact) mass is 298 g/mol. The number of nitrogens with zero attached hydrogens (tertiary/aromatic N) is 4. The highest BCUT2D eigenvalue weighted by atomic mass is 32.2. The van der Waals surface area contributed by atoms with Gasteiger partial charge in [0.1, 0.15) is 6.61 Å². The Morgan fingerprint density at radius 1 is 1.37 bits per heavy atom. The Morgan fingerprint density at radius 3 is 2.84 bits per heavy atom. The molecule has 0 atom stereocenters. The summed E-state index contributed by atoms with van der Waals surface area (Å²) in [5, 5.41) is 21.5. The second kappa shape index (κ2) is 7.02.